The molecule has 1 saturated carbocycles. The molecule has 0 aliphatic heterocycles. The van der Waals surface area contributed by atoms with Crippen LogP contribution in [0.3, 0.4) is 0 Å². The minimum atomic E-state index is 0.489. The van der Waals surface area contributed by atoms with Crippen LogP contribution in [-0.2, 0) is 11.3 Å². The highest BCUT2D eigenvalue weighted by molar-refractivity contribution is 5.24. The Balaban J connectivity index is 1.76. The van der Waals surface area contributed by atoms with Crippen molar-refractivity contribution in [3.8, 4) is 0 Å². The molecular formula is C17H27NO. The van der Waals surface area contributed by atoms with Crippen LogP contribution in [0.4, 0.5) is 0 Å². The zero-order valence-electron chi connectivity index (χ0n) is 12.5. The molecule has 0 bridgehead atoms. The molecule has 1 fully saturated rings. The van der Waals surface area contributed by atoms with Crippen LogP contribution in [0.15, 0.2) is 24.3 Å². The zero-order chi connectivity index (χ0) is 13.7. The van der Waals surface area contributed by atoms with E-state index in [0.29, 0.717) is 18.1 Å². The lowest BCUT2D eigenvalue weighted by molar-refractivity contribution is 0.0624. The Hall–Kier alpha value is -0.860. The molecule has 2 heteroatoms. The molecule has 0 saturated heterocycles. The molecule has 0 amide bonds. The maximum atomic E-state index is 5.41. The summed E-state index contributed by atoms with van der Waals surface area (Å²) in [6.45, 7) is 5.46. The number of ether oxygens (including phenoxy) is 1. The van der Waals surface area contributed by atoms with Crippen LogP contribution in [0.2, 0.25) is 0 Å². The first kappa shape index (κ1) is 14.5. The van der Waals surface area contributed by atoms with E-state index < -0.39 is 0 Å². The molecule has 0 spiro atoms. The van der Waals surface area contributed by atoms with Crippen molar-refractivity contribution >= 4 is 0 Å². The summed E-state index contributed by atoms with van der Waals surface area (Å²) >= 11 is 0. The van der Waals surface area contributed by atoms with E-state index in [2.05, 4.69) is 43.4 Å². The van der Waals surface area contributed by atoms with E-state index in [1.54, 1.807) is 0 Å². The summed E-state index contributed by atoms with van der Waals surface area (Å²) < 4.78 is 5.41. The third-order valence-electron chi connectivity index (χ3n) is 4.25. The smallest absolute Gasteiger partial charge is 0.0572 e. The van der Waals surface area contributed by atoms with Crippen LogP contribution in [0.25, 0.3) is 0 Å². The van der Waals surface area contributed by atoms with E-state index in [4.69, 9.17) is 4.74 Å². The fourth-order valence-electron chi connectivity index (χ4n) is 2.79. The molecule has 2 rings (SSSR count). The second kappa shape index (κ2) is 7.06. The van der Waals surface area contributed by atoms with E-state index in [1.807, 2.05) is 7.11 Å². The van der Waals surface area contributed by atoms with Gasteiger partial charge in [-0.1, -0.05) is 38.1 Å². The molecule has 1 N–H and O–H groups in total. The van der Waals surface area contributed by atoms with Gasteiger partial charge in [0.25, 0.3) is 0 Å². The van der Waals surface area contributed by atoms with Crippen LogP contribution in [0, 0.1) is 0 Å². The van der Waals surface area contributed by atoms with Crippen molar-refractivity contribution < 1.29 is 4.74 Å². The van der Waals surface area contributed by atoms with E-state index in [1.165, 1.54) is 36.8 Å². The SMILES string of the molecule is COC1CCC(NCc2ccc(C(C)C)cc2)CC1. The summed E-state index contributed by atoms with van der Waals surface area (Å²) in [5.41, 5.74) is 2.81. The van der Waals surface area contributed by atoms with Crippen LogP contribution in [0.5, 0.6) is 0 Å². The molecule has 1 aromatic carbocycles. The molecule has 106 valence electrons. The van der Waals surface area contributed by atoms with Crippen molar-refractivity contribution in [3.63, 3.8) is 0 Å². The van der Waals surface area contributed by atoms with E-state index >= 15 is 0 Å². The average molecular weight is 261 g/mol. The Bertz CT molecular complexity index is 363. The maximum Gasteiger partial charge on any atom is 0.0572 e. The van der Waals surface area contributed by atoms with Crippen LogP contribution in [0.1, 0.15) is 56.6 Å². The van der Waals surface area contributed by atoms with Crippen LogP contribution in [-0.4, -0.2) is 19.3 Å². The van der Waals surface area contributed by atoms with E-state index in [0.717, 1.165) is 6.54 Å². The van der Waals surface area contributed by atoms with Crippen LogP contribution >= 0.6 is 0 Å². The fraction of sp³-hybridized carbons (Fsp3) is 0.647. The first-order valence-electron chi connectivity index (χ1n) is 7.54. The van der Waals surface area contributed by atoms with Gasteiger partial charge in [0, 0.05) is 19.7 Å². The summed E-state index contributed by atoms with van der Waals surface area (Å²) in [5.74, 6) is 0.617. The third kappa shape index (κ3) is 4.32. The molecule has 1 aromatic rings. The number of methoxy groups -OCH3 is 1. The number of benzene rings is 1. The van der Waals surface area contributed by atoms with Gasteiger partial charge in [-0.25, -0.2) is 0 Å². The molecule has 1 aliphatic rings. The molecule has 0 heterocycles. The predicted molar refractivity (Wildman–Crippen MR) is 80.4 cm³/mol. The number of rotatable bonds is 5. The maximum absolute atomic E-state index is 5.41. The lowest BCUT2D eigenvalue weighted by Gasteiger charge is -2.28. The standard InChI is InChI=1S/C17H27NO/c1-13(2)15-6-4-14(5-7-15)12-18-16-8-10-17(19-3)11-9-16/h4-7,13,16-18H,8-12H2,1-3H3. The minimum absolute atomic E-state index is 0.489. The summed E-state index contributed by atoms with van der Waals surface area (Å²) in [6, 6.07) is 9.68. The Labute approximate surface area is 117 Å². The first-order chi connectivity index (χ1) is 9.19. The van der Waals surface area contributed by atoms with Gasteiger partial charge in [0.2, 0.25) is 0 Å². The average Bonchev–Trinajstić information content (AvgIpc) is 2.46. The minimum Gasteiger partial charge on any atom is -0.381 e. The number of hydrogen-bond acceptors (Lipinski definition) is 2. The molecule has 0 aromatic heterocycles. The van der Waals surface area contributed by atoms with Crippen molar-refractivity contribution in [2.24, 2.45) is 0 Å². The summed E-state index contributed by atoms with van der Waals surface area (Å²) in [6.07, 6.45) is 5.36. The fourth-order valence-corrected chi connectivity index (χ4v) is 2.79. The monoisotopic (exact) mass is 261 g/mol. The van der Waals surface area contributed by atoms with Crippen molar-refractivity contribution in [1.82, 2.24) is 5.32 Å². The van der Waals surface area contributed by atoms with Gasteiger partial charge in [0.15, 0.2) is 0 Å². The molecule has 1 aliphatic carbocycles. The lowest BCUT2D eigenvalue weighted by atomic mass is 9.93. The third-order valence-corrected chi connectivity index (χ3v) is 4.25. The van der Waals surface area contributed by atoms with Crippen molar-refractivity contribution in [1.29, 1.82) is 0 Å². The predicted octanol–water partition coefficient (Wildman–Crippen LogP) is 3.86. The summed E-state index contributed by atoms with van der Waals surface area (Å²) in [7, 11) is 1.83. The van der Waals surface area contributed by atoms with Gasteiger partial charge in [0.05, 0.1) is 6.10 Å². The van der Waals surface area contributed by atoms with Gasteiger partial charge in [-0.3, -0.25) is 0 Å². The zero-order valence-corrected chi connectivity index (χ0v) is 12.5. The largest absolute Gasteiger partial charge is 0.381 e. The molecule has 0 unspecified atom stereocenters. The highest BCUT2D eigenvalue weighted by atomic mass is 16.5. The highest BCUT2D eigenvalue weighted by Crippen LogP contribution is 2.21. The molecule has 0 radical (unpaired) electrons. The van der Waals surface area contributed by atoms with Crippen molar-refractivity contribution in [2.45, 2.75) is 64.1 Å². The summed E-state index contributed by atoms with van der Waals surface area (Å²) in [5, 5.41) is 3.68. The van der Waals surface area contributed by atoms with Crippen molar-refractivity contribution in [3.05, 3.63) is 35.4 Å². The number of hydrogen-bond donors (Lipinski definition) is 1. The van der Waals surface area contributed by atoms with Gasteiger partial charge in [-0.2, -0.15) is 0 Å². The van der Waals surface area contributed by atoms with E-state index in [9.17, 15) is 0 Å². The van der Waals surface area contributed by atoms with Crippen molar-refractivity contribution in [2.75, 3.05) is 7.11 Å². The lowest BCUT2D eigenvalue weighted by Crippen LogP contribution is -2.34. The number of nitrogens with one attached hydrogen (secondary N) is 1. The highest BCUT2D eigenvalue weighted by Gasteiger charge is 2.20. The Kier molecular flexibility index (Phi) is 5.41. The van der Waals surface area contributed by atoms with Gasteiger partial charge in [-0.15, -0.1) is 0 Å². The molecule has 19 heavy (non-hydrogen) atoms. The van der Waals surface area contributed by atoms with E-state index in [-0.39, 0.29) is 0 Å². The topological polar surface area (TPSA) is 21.3 Å². The molecule has 0 atom stereocenters. The van der Waals surface area contributed by atoms with Gasteiger partial charge >= 0.3 is 0 Å². The van der Waals surface area contributed by atoms with Gasteiger partial charge < -0.3 is 10.1 Å². The normalized spacial score (nSPS) is 23.8. The first-order valence-corrected chi connectivity index (χ1v) is 7.54. The summed E-state index contributed by atoms with van der Waals surface area (Å²) in [4.78, 5) is 0. The second-order valence-corrected chi connectivity index (χ2v) is 5.99. The molecule has 2 nitrogen and oxygen atoms in total. The van der Waals surface area contributed by atoms with Crippen LogP contribution < -0.4 is 5.32 Å². The Morgan fingerprint density at radius 2 is 1.74 bits per heavy atom. The quantitative estimate of drug-likeness (QED) is 0.869. The van der Waals surface area contributed by atoms with Gasteiger partial charge in [0.1, 0.15) is 0 Å². The Morgan fingerprint density at radius 3 is 2.26 bits per heavy atom. The Morgan fingerprint density at radius 1 is 1.11 bits per heavy atom. The molecular weight excluding hydrogens is 234 g/mol. The second-order valence-electron chi connectivity index (χ2n) is 5.99. The van der Waals surface area contributed by atoms with Gasteiger partial charge in [-0.05, 0) is 42.7 Å².